The summed E-state index contributed by atoms with van der Waals surface area (Å²) in [6.45, 7) is 1.65. The minimum absolute atomic E-state index is 0.176. The van der Waals surface area contributed by atoms with Crippen LogP contribution in [-0.4, -0.2) is 82.4 Å². The van der Waals surface area contributed by atoms with Gasteiger partial charge in [-0.05, 0) is 32.7 Å². The van der Waals surface area contributed by atoms with Crippen molar-refractivity contribution in [2.45, 2.75) is 69.3 Å². The zero-order valence-corrected chi connectivity index (χ0v) is 18.8. The van der Waals surface area contributed by atoms with Crippen LogP contribution in [0.25, 0.3) is 0 Å². The molecule has 32 heavy (non-hydrogen) atoms. The molecule has 0 heterocycles. The minimum Gasteiger partial charge on any atom is -0.480 e. The predicted octanol–water partition coefficient (Wildman–Crippen LogP) is -3.44. The molecule has 0 fully saturated rings. The molecule has 0 aromatic rings. The van der Waals surface area contributed by atoms with Crippen molar-refractivity contribution < 1.29 is 34.2 Å². The maximum absolute atomic E-state index is 12.7. The Kier molecular flexibility index (Phi) is 14.2. The number of carbonyl (C=O) groups is 5. The average molecular weight is 479 g/mol. The maximum atomic E-state index is 12.7. The standard InChI is InChI=1S/C18H34N6O7S/c1-9(25)14(17(29)23-12(8-32)18(30)31)24-16(28)11(5-6-13(21)26)22-15(27)10(20)4-2-3-7-19/h9-12,14,25,32H,2-8,19-20H2,1H3,(H2,21,26)(H,22,27)(H,23,29)(H,24,28)(H,30,31). The lowest BCUT2D eigenvalue weighted by atomic mass is 10.1. The van der Waals surface area contributed by atoms with Crippen LogP contribution in [0.4, 0.5) is 0 Å². The van der Waals surface area contributed by atoms with Gasteiger partial charge >= 0.3 is 5.97 Å². The number of rotatable bonds is 16. The number of primary amides is 1. The fourth-order valence-electron chi connectivity index (χ4n) is 2.58. The second-order valence-electron chi connectivity index (χ2n) is 7.27. The second-order valence-corrected chi connectivity index (χ2v) is 7.63. The topological polar surface area (TPSA) is 240 Å². The lowest BCUT2D eigenvalue weighted by Crippen LogP contribution is -2.60. The van der Waals surface area contributed by atoms with E-state index in [1.807, 2.05) is 0 Å². The second kappa shape index (κ2) is 15.4. The van der Waals surface area contributed by atoms with Crippen molar-refractivity contribution in [3.63, 3.8) is 0 Å². The van der Waals surface area contributed by atoms with E-state index in [2.05, 4.69) is 28.6 Å². The van der Waals surface area contributed by atoms with Crippen LogP contribution in [0, 0.1) is 0 Å². The average Bonchev–Trinajstić information content (AvgIpc) is 2.71. The Morgan fingerprint density at radius 3 is 2.00 bits per heavy atom. The largest absolute Gasteiger partial charge is 0.480 e. The predicted molar refractivity (Wildman–Crippen MR) is 118 cm³/mol. The summed E-state index contributed by atoms with van der Waals surface area (Å²) in [5.74, 6) is -4.78. The smallest absolute Gasteiger partial charge is 0.327 e. The molecule has 0 bridgehead atoms. The van der Waals surface area contributed by atoms with Crippen LogP contribution in [0.3, 0.4) is 0 Å². The molecule has 14 heteroatoms. The third kappa shape index (κ3) is 11.3. The van der Waals surface area contributed by atoms with Crippen LogP contribution in [0.15, 0.2) is 0 Å². The first-order chi connectivity index (χ1) is 14.9. The molecule has 4 amide bonds. The van der Waals surface area contributed by atoms with E-state index in [1.54, 1.807) is 0 Å². The molecule has 5 unspecified atom stereocenters. The van der Waals surface area contributed by atoms with E-state index in [-0.39, 0.29) is 18.6 Å². The first kappa shape index (κ1) is 29.6. The number of aliphatic hydroxyl groups excluding tert-OH is 1. The number of carboxylic acid groups (broad SMARTS) is 1. The molecule has 0 saturated heterocycles. The molecular weight excluding hydrogens is 444 g/mol. The van der Waals surface area contributed by atoms with Crippen LogP contribution in [0.1, 0.15) is 39.0 Å². The molecular formula is C18H34N6O7S. The molecule has 0 aliphatic carbocycles. The molecule has 184 valence electrons. The molecule has 0 aliphatic heterocycles. The Balaban J connectivity index is 5.32. The van der Waals surface area contributed by atoms with Crippen molar-refractivity contribution in [3.05, 3.63) is 0 Å². The molecule has 5 atom stereocenters. The molecule has 0 radical (unpaired) electrons. The summed E-state index contributed by atoms with van der Waals surface area (Å²) < 4.78 is 0. The van der Waals surface area contributed by atoms with Crippen molar-refractivity contribution in [2.24, 2.45) is 17.2 Å². The molecule has 0 saturated carbocycles. The lowest BCUT2D eigenvalue weighted by molar-refractivity contribution is -0.142. The van der Waals surface area contributed by atoms with Gasteiger partial charge in [-0.1, -0.05) is 6.42 Å². The van der Waals surface area contributed by atoms with E-state index in [9.17, 15) is 29.1 Å². The number of aliphatic hydroxyl groups is 1. The van der Waals surface area contributed by atoms with Gasteiger partial charge in [0.1, 0.15) is 18.1 Å². The Morgan fingerprint density at radius 2 is 1.53 bits per heavy atom. The highest BCUT2D eigenvalue weighted by atomic mass is 32.1. The molecule has 0 rings (SSSR count). The van der Waals surface area contributed by atoms with Crippen molar-refractivity contribution in [1.29, 1.82) is 0 Å². The molecule has 13 nitrogen and oxygen atoms in total. The summed E-state index contributed by atoms with van der Waals surface area (Å²) in [6, 6.07) is -5.07. The van der Waals surface area contributed by atoms with Gasteiger partial charge in [0.2, 0.25) is 23.6 Å². The number of thiol groups is 1. The zero-order valence-electron chi connectivity index (χ0n) is 18.0. The van der Waals surface area contributed by atoms with Crippen LogP contribution in [-0.2, 0) is 24.0 Å². The lowest BCUT2D eigenvalue weighted by Gasteiger charge is -2.26. The van der Waals surface area contributed by atoms with Gasteiger partial charge in [0.15, 0.2) is 0 Å². The number of hydrogen-bond donors (Lipinski definition) is 9. The van der Waals surface area contributed by atoms with Crippen molar-refractivity contribution in [1.82, 2.24) is 16.0 Å². The van der Waals surface area contributed by atoms with Gasteiger partial charge in [0.25, 0.3) is 0 Å². The highest BCUT2D eigenvalue weighted by molar-refractivity contribution is 7.80. The van der Waals surface area contributed by atoms with Gasteiger partial charge in [-0.3, -0.25) is 19.2 Å². The fraction of sp³-hybridized carbons (Fsp3) is 0.722. The highest BCUT2D eigenvalue weighted by Crippen LogP contribution is 2.04. The van der Waals surface area contributed by atoms with E-state index in [0.717, 1.165) is 0 Å². The van der Waals surface area contributed by atoms with Crippen molar-refractivity contribution in [2.75, 3.05) is 12.3 Å². The van der Waals surface area contributed by atoms with Gasteiger partial charge in [-0.25, -0.2) is 4.79 Å². The van der Waals surface area contributed by atoms with Crippen LogP contribution < -0.4 is 33.2 Å². The Labute approximate surface area is 191 Å². The van der Waals surface area contributed by atoms with E-state index in [4.69, 9.17) is 22.3 Å². The van der Waals surface area contributed by atoms with E-state index in [0.29, 0.717) is 25.8 Å². The normalized spacial score (nSPS) is 15.5. The van der Waals surface area contributed by atoms with E-state index in [1.165, 1.54) is 6.92 Å². The van der Waals surface area contributed by atoms with Crippen molar-refractivity contribution in [3.8, 4) is 0 Å². The molecule has 0 aliphatic rings. The molecule has 0 aromatic carbocycles. The van der Waals surface area contributed by atoms with Gasteiger partial charge in [0.05, 0.1) is 12.1 Å². The van der Waals surface area contributed by atoms with Gasteiger partial charge in [-0.2, -0.15) is 12.6 Å². The maximum Gasteiger partial charge on any atom is 0.327 e. The highest BCUT2D eigenvalue weighted by Gasteiger charge is 2.32. The summed E-state index contributed by atoms with van der Waals surface area (Å²) in [5, 5.41) is 25.8. The number of aliphatic carboxylic acids is 1. The van der Waals surface area contributed by atoms with Gasteiger partial charge < -0.3 is 43.4 Å². The summed E-state index contributed by atoms with van der Waals surface area (Å²) in [4.78, 5) is 59.7. The van der Waals surface area contributed by atoms with Crippen LogP contribution in [0.5, 0.6) is 0 Å². The quantitative estimate of drug-likeness (QED) is 0.0790. The number of hydrogen-bond acceptors (Lipinski definition) is 9. The first-order valence-corrected chi connectivity index (χ1v) is 10.7. The minimum atomic E-state index is -1.53. The Hall–Kier alpha value is -2.42. The molecule has 11 N–H and O–H groups in total. The summed E-state index contributed by atoms with van der Waals surface area (Å²) in [5.41, 5.74) is 16.3. The summed E-state index contributed by atoms with van der Waals surface area (Å²) >= 11 is 3.83. The monoisotopic (exact) mass is 478 g/mol. The number of nitrogens with two attached hydrogens (primary N) is 3. The molecule has 0 aromatic heterocycles. The summed E-state index contributed by atoms with van der Waals surface area (Å²) in [6.07, 6.45) is -0.228. The first-order valence-electron chi connectivity index (χ1n) is 10.1. The summed E-state index contributed by atoms with van der Waals surface area (Å²) in [7, 11) is 0. The molecule has 0 spiro atoms. The van der Waals surface area contributed by atoms with E-state index >= 15 is 0 Å². The number of carbonyl (C=O) groups excluding carboxylic acids is 4. The van der Waals surface area contributed by atoms with Crippen molar-refractivity contribution >= 4 is 42.2 Å². The number of nitrogens with one attached hydrogen (secondary N) is 3. The third-order valence-corrected chi connectivity index (χ3v) is 4.84. The number of unbranched alkanes of at least 4 members (excludes halogenated alkanes) is 1. The Bertz CT molecular complexity index is 664. The fourth-order valence-corrected chi connectivity index (χ4v) is 2.83. The third-order valence-electron chi connectivity index (χ3n) is 4.48. The van der Waals surface area contributed by atoms with Crippen LogP contribution >= 0.6 is 12.6 Å². The Morgan fingerprint density at radius 1 is 0.938 bits per heavy atom. The number of carboxylic acids is 1. The zero-order chi connectivity index (χ0) is 24.8. The van der Waals surface area contributed by atoms with Gasteiger partial charge in [-0.15, -0.1) is 0 Å². The number of amides is 4. The van der Waals surface area contributed by atoms with Gasteiger partial charge in [0, 0.05) is 12.2 Å². The SMILES string of the molecule is CC(O)C(NC(=O)C(CCC(N)=O)NC(=O)C(N)CCCCN)C(=O)NC(CS)C(=O)O. The van der Waals surface area contributed by atoms with Crippen LogP contribution in [0.2, 0.25) is 0 Å². The van der Waals surface area contributed by atoms with E-state index < -0.39 is 59.9 Å².